The number of alkyl halides is 5. The Morgan fingerprint density at radius 3 is 2.49 bits per heavy atom. The Bertz CT molecular complexity index is 2760. The Morgan fingerprint density at radius 1 is 1.11 bits per heavy atom. The van der Waals surface area contributed by atoms with Gasteiger partial charge in [-0.2, -0.15) is 37.2 Å². The van der Waals surface area contributed by atoms with E-state index in [4.69, 9.17) is 11.6 Å². The summed E-state index contributed by atoms with van der Waals surface area (Å²) in [6.07, 6.45) is -2.41. The Hall–Kier alpha value is -5.51. The number of imidazole rings is 1. The van der Waals surface area contributed by atoms with Crippen LogP contribution >= 0.6 is 11.6 Å². The van der Waals surface area contributed by atoms with E-state index in [1.807, 2.05) is 0 Å². The minimum absolute atomic E-state index is 0.00181. The number of carbonyl (C=O) groups is 1. The number of aryl methyl sites for hydroxylation is 1. The molecule has 23 heteroatoms. The summed E-state index contributed by atoms with van der Waals surface area (Å²) in [5.41, 5.74) is -4.42. The molecule has 55 heavy (non-hydrogen) atoms. The maximum Gasteiger partial charge on any atom is 0.435 e. The van der Waals surface area contributed by atoms with Crippen LogP contribution in [0.4, 0.5) is 36.6 Å². The predicted molar refractivity (Wildman–Crippen MR) is 179 cm³/mol. The van der Waals surface area contributed by atoms with Crippen LogP contribution in [0.25, 0.3) is 22.2 Å². The van der Waals surface area contributed by atoms with Gasteiger partial charge in [-0.15, -0.1) is 0 Å². The third-order valence-corrected chi connectivity index (χ3v) is 10.3. The molecule has 1 fully saturated rings. The number of amides is 1. The summed E-state index contributed by atoms with van der Waals surface area (Å²) >= 11 is 6.50. The fourth-order valence-electron chi connectivity index (χ4n) is 7.27. The molecule has 2 aromatic carbocycles. The lowest BCUT2D eigenvalue weighted by Crippen LogP contribution is -2.39. The average Bonchev–Trinajstić information content (AvgIpc) is 3.28. The molecule has 0 spiro atoms. The van der Waals surface area contributed by atoms with Gasteiger partial charge in [0.05, 0.1) is 33.9 Å². The van der Waals surface area contributed by atoms with E-state index in [1.165, 1.54) is 36.3 Å². The summed E-state index contributed by atoms with van der Waals surface area (Å²) in [6.45, 7) is -1.15. The molecule has 0 radical (unpaired) electrons. The molecule has 4 aromatic heterocycles. The van der Waals surface area contributed by atoms with E-state index in [-0.39, 0.29) is 50.9 Å². The molecule has 6 aromatic rings. The Balaban J connectivity index is 1.29. The van der Waals surface area contributed by atoms with Crippen molar-refractivity contribution >= 4 is 49.9 Å². The van der Waals surface area contributed by atoms with E-state index < -0.39 is 93.0 Å². The summed E-state index contributed by atoms with van der Waals surface area (Å²) in [6, 6.07) is 3.53. The number of anilines is 1. The van der Waals surface area contributed by atoms with Crippen LogP contribution in [0.1, 0.15) is 46.7 Å². The molecule has 0 bridgehead atoms. The van der Waals surface area contributed by atoms with E-state index >= 15 is 8.78 Å². The van der Waals surface area contributed by atoms with Gasteiger partial charge in [-0.05, 0) is 42.2 Å². The van der Waals surface area contributed by atoms with Crippen molar-refractivity contribution in [2.75, 3.05) is 11.0 Å². The second-order valence-electron chi connectivity index (χ2n) is 13.3. The lowest BCUT2D eigenvalue weighted by Gasteiger charge is -2.23. The monoisotopic (exact) mass is 812 g/mol. The first-order valence-corrected chi connectivity index (χ1v) is 18.4. The van der Waals surface area contributed by atoms with Gasteiger partial charge in [-0.1, -0.05) is 11.6 Å². The van der Waals surface area contributed by atoms with Crippen LogP contribution in [0, 0.1) is 17.6 Å². The number of aromatic nitrogens is 8. The number of nitrogens with one attached hydrogen (secondary N) is 2. The number of carbonyl (C=O) groups excluding carboxylic acids is 1. The van der Waals surface area contributed by atoms with Crippen molar-refractivity contribution in [3.05, 3.63) is 98.1 Å². The van der Waals surface area contributed by atoms with Gasteiger partial charge in [0.1, 0.15) is 23.9 Å². The molecule has 1 saturated carbocycles. The highest BCUT2D eigenvalue weighted by Gasteiger charge is 2.68. The van der Waals surface area contributed by atoms with Crippen LogP contribution in [0.3, 0.4) is 0 Å². The zero-order valence-electron chi connectivity index (χ0n) is 28.0. The summed E-state index contributed by atoms with van der Waals surface area (Å²) in [4.78, 5) is 32.1. The smallest absolute Gasteiger partial charge is 0.344 e. The molecule has 14 nitrogen and oxygen atoms in total. The largest absolute Gasteiger partial charge is 0.435 e. The topological polar surface area (TPSA) is 163 Å². The lowest BCUT2D eigenvalue weighted by atomic mass is 10.0. The second-order valence-corrected chi connectivity index (χ2v) is 15.4. The van der Waals surface area contributed by atoms with Crippen LogP contribution in [-0.4, -0.2) is 59.3 Å². The van der Waals surface area contributed by atoms with Crippen molar-refractivity contribution in [1.82, 2.24) is 44.0 Å². The highest BCUT2D eigenvalue weighted by atomic mass is 35.5. The molecule has 3 atom stereocenters. The number of hydrogen-bond acceptors (Lipinski definition) is 8. The Labute approximate surface area is 308 Å². The SMILES string of the molecule is Cn1nc(NS(C)(=O)=O)c2c(Cl)ccc(-n3c([C@H](Cc4cc(F)cc(F)c4)NC(=O)Cn4nc(C(F)(F)F)c5c4C(F)(F)[C@@H]4C[C@H]54)nn4ccnc4c3=O)c21. The number of rotatable bonds is 9. The highest BCUT2D eigenvalue weighted by molar-refractivity contribution is 7.92. The molecule has 2 aliphatic rings. The first kappa shape index (κ1) is 36.5. The first-order valence-electron chi connectivity index (χ1n) is 16.1. The number of hydrogen-bond donors (Lipinski definition) is 2. The zero-order valence-corrected chi connectivity index (χ0v) is 29.6. The van der Waals surface area contributed by atoms with Gasteiger partial charge in [-0.3, -0.25) is 28.2 Å². The minimum atomic E-state index is -5.10. The standard InChI is InChI=1S/C32H24ClF7N10O4S/c1-47-24-20(4-3-18(33)23(24)27(44-47)46-55(2,53)54)50-28(45-48-6-5-41-29(48)30(50)52)19(9-13-7-14(34)10-15(35)8-13)42-21(51)12-49-26-22(25(43-49)32(38,39)40)16-11-17(16)31(26,36)37/h3-8,10,16-17,19H,9,11-12H2,1-2H3,(H,42,51)(H,44,46)/t16-,17+,19-/m0/s1. The summed E-state index contributed by atoms with van der Waals surface area (Å²) < 4.78 is 132. The van der Waals surface area contributed by atoms with E-state index in [0.717, 1.165) is 27.5 Å². The molecule has 8 rings (SSSR count). The average molecular weight is 813 g/mol. The minimum Gasteiger partial charge on any atom is -0.344 e. The summed E-state index contributed by atoms with van der Waals surface area (Å²) in [7, 11) is -2.49. The molecule has 1 amide bonds. The van der Waals surface area contributed by atoms with Crippen LogP contribution < -0.4 is 15.6 Å². The molecule has 2 N–H and O–H groups in total. The van der Waals surface area contributed by atoms with E-state index in [1.54, 1.807) is 0 Å². The second kappa shape index (κ2) is 12.2. The van der Waals surface area contributed by atoms with Crippen molar-refractivity contribution < 1.29 is 43.9 Å². The first-order chi connectivity index (χ1) is 25.7. The van der Waals surface area contributed by atoms with Crippen LogP contribution in [0.5, 0.6) is 0 Å². The van der Waals surface area contributed by atoms with Crippen molar-refractivity contribution in [2.24, 2.45) is 13.0 Å². The van der Waals surface area contributed by atoms with Gasteiger partial charge in [0.2, 0.25) is 21.6 Å². The van der Waals surface area contributed by atoms with E-state index in [2.05, 4.69) is 30.3 Å². The van der Waals surface area contributed by atoms with Crippen molar-refractivity contribution in [3.8, 4) is 5.69 Å². The van der Waals surface area contributed by atoms with Crippen LogP contribution in [-0.2, 0) is 46.9 Å². The van der Waals surface area contributed by atoms with Gasteiger partial charge in [0.15, 0.2) is 17.3 Å². The molecular weight excluding hydrogens is 789 g/mol. The molecule has 2 aliphatic carbocycles. The molecule has 0 aliphatic heterocycles. The molecule has 0 unspecified atom stereocenters. The van der Waals surface area contributed by atoms with Gasteiger partial charge in [-0.25, -0.2) is 26.7 Å². The maximum atomic E-state index is 15.3. The molecule has 0 saturated heterocycles. The van der Waals surface area contributed by atoms with Crippen molar-refractivity contribution in [1.29, 1.82) is 0 Å². The number of nitrogens with zero attached hydrogens (tertiary/aromatic N) is 8. The maximum absolute atomic E-state index is 15.3. The molecule has 4 heterocycles. The third kappa shape index (κ3) is 6.15. The summed E-state index contributed by atoms with van der Waals surface area (Å²) in [5, 5.41) is 14.6. The van der Waals surface area contributed by atoms with E-state index in [0.29, 0.717) is 10.7 Å². The van der Waals surface area contributed by atoms with Crippen molar-refractivity contribution in [2.45, 2.75) is 43.4 Å². The lowest BCUT2D eigenvalue weighted by molar-refractivity contribution is -0.142. The van der Waals surface area contributed by atoms with Gasteiger partial charge in [0.25, 0.3) is 5.92 Å². The van der Waals surface area contributed by atoms with Gasteiger partial charge >= 0.3 is 11.7 Å². The number of halogens is 8. The van der Waals surface area contributed by atoms with Crippen molar-refractivity contribution in [3.63, 3.8) is 0 Å². The van der Waals surface area contributed by atoms with Gasteiger partial charge in [0, 0.05) is 43.4 Å². The normalized spacial score (nSPS) is 18.1. The number of sulfonamides is 1. The van der Waals surface area contributed by atoms with Crippen LogP contribution in [0.2, 0.25) is 5.02 Å². The zero-order chi connectivity index (χ0) is 39.5. The third-order valence-electron chi connectivity index (χ3n) is 9.40. The Kier molecular flexibility index (Phi) is 8.12. The fourth-order valence-corrected chi connectivity index (χ4v) is 8.01. The van der Waals surface area contributed by atoms with E-state index in [9.17, 15) is 40.0 Å². The molecule has 288 valence electrons. The Morgan fingerprint density at radius 2 is 1.82 bits per heavy atom. The van der Waals surface area contributed by atoms with Gasteiger partial charge < -0.3 is 5.32 Å². The number of fused-ring (bicyclic) bond motifs is 5. The fraction of sp³-hybridized carbons (Fsp3) is 0.312. The quantitative estimate of drug-likeness (QED) is 0.200. The predicted octanol–water partition coefficient (Wildman–Crippen LogP) is 4.59. The summed E-state index contributed by atoms with van der Waals surface area (Å²) in [5.74, 6) is -9.91. The van der Waals surface area contributed by atoms with Crippen LogP contribution in [0.15, 0.2) is 47.5 Å². The number of benzene rings is 2. The highest BCUT2D eigenvalue weighted by Crippen LogP contribution is 2.68. The molecular formula is C32H24ClF7N10O4S.